The highest BCUT2D eigenvalue weighted by molar-refractivity contribution is 9.10. The molecule has 0 fully saturated rings. The normalized spacial score (nSPS) is 10.7. The number of benzene rings is 1. The van der Waals surface area contributed by atoms with Crippen LogP contribution in [0.1, 0.15) is 29.8 Å². The summed E-state index contributed by atoms with van der Waals surface area (Å²) in [6.07, 6.45) is 0. The van der Waals surface area contributed by atoms with Crippen molar-refractivity contribution < 1.29 is 4.79 Å². The Kier molecular flexibility index (Phi) is 5.47. The Morgan fingerprint density at radius 3 is 2.53 bits per heavy atom. The van der Waals surface area contributed by atoms with E-state index in [0.29, 0.717) is 18.0 Å². The monoisotopic (exact) mass is 317 g/mol. The fourth-order valence-electron chi connectivity index (χ4n) is 1.71. The molecule has 0 bridgehead atoms. The van der Waals surface area contributed by atoms with Gasteiger partial charge in [0.2, 0.25) is 0 Å². The van der Waals surface area contributed by atoms with Crippen LogP contribution in [-0.2, 0) is 0 Å². The van der Waals surface area contributed by atoms with Crippen LogP contribution in [0.5, 0.6) is 0 Å². The molecule has 0 saturated heterocycles. The topological polar surface area (TPSA) is 20.3 Å². The SMILES string of the molecule is Cc1cc(Br)cc(C(=O)N(CCCl)C(C)C)c1. The number of alkyl halides is 1. The lowest BCUT2D eigenvalue weighted by Crippen LogP contribution is -2.38. The number of hydrogen-bond acceptors (Lipinski definition) is 1. The molecule has 0 aromatic heterocycles. The summed E-state index contributed by atoms with van der Waals surface area (Å²) >= 11 is 9.14. The molecule has 0 unspecified atom stereocenters. The highest BCUT2D eigenvalue weighted by Gasteiger charge is 2.18. The number of hydrogen-bond donors (Lipinski definition) is 0. The van der Waals surface area contributed by atoms with E-state index in [1.165, 1.54) is 0 Å². The van der Waals surface area contributed by atoms with E-state index in [2.05, 4.69) is 15.9 Å². The zero-order valence-electron chi connectivity index (χ0n) is 10.3. The Bertz CT molecular complexity index is 386. The summed E-state index contributed by atoms with van der Waals surface area (Å²) in [6, 6.07) is 5.88. The van der Waals surface area contributed by atoms with Gasteiger partial charge in [0.1, 0.15) is 0 Å². The summed E-state index contributed by atoms with van der Waals surface area (Å²) in [5.41, 5.74) is 1.77. The van der Waals surface area contributed by atoms with Gasteiger partial charge in [0.05, 0.1) is 0 Å². The van der Waals surface area contributed by atoms with Crippen LogP contribution in [0.2, 0.25) is 0 Å². The van der Waals surface area contributed by atoms with E-state index in [-0.39, 0.29) is 11.9 Å². The van der Waals surface area contributed by atoms with Gasteiger partial charge >= 0.3 is 0 Å². The molecule has 94 valence electrons. The molecule has 0 aliphatic carbocycles. The zero-order chi connectivity index (χ0) is 13.0. The predicted molar refractivity (Wildman–Crippen MR) is 75.8 cm³/mol. The van der Waals surface area contributed by atoms with Crippen molar-refractivity contribution in [1.82, 2.24) is 4.90 Å². The molecule has 0 aliphatic heterocycles. The van der Waals surface area contributed by atoms with Crippen LogP contribution in [0.15, 0.2) is 22.7 Å². The van der Waals surface area contributed by atoms with E-state index in [1.807, 2.05) is 39.0 Å². The molecular formula is C13H17BrClNO. The fourth-order valence-corrected chi connectivity index (χ4v) is 2.50. The molecule has 0 spiro atoms. The molecule has 1 aromatic rings. The summed E-state index contributed by atoms with van der Waals surface area (Å²) in [6.45, 7) is 6.54. The van der Waals surface area contributed by atoms with Crippen LogP contribution in [-0.4, -0.2) is 29.3 Å². The molecule has 17 heavy (non-hydrogen) atoms. The largest absolute Gasteiger partial charge is 0.335 e. The second-order valence-corrected chi connectivity index (χ2v) is 5.59. The standard InChI is InChI=1S/C13H17BrClNO/c1-9(2)16(5-4-15)13(17)11-6-10(3)7-12(14)8-11/h6-9H,4-5H2,1-3H3. The van der Waals surface area contributed by atoms with Gasteiger partial charge in [-0.15, -0.1) is 11.6 Å². The number of nitrogens with zero attached hydrogens (tertiary/aromatic N) is 1. The van der Waals surface area contributed by atoms with Crippen LogP contribution in [0, 0.1) is 6.92 Å². The average molecular weight is 319 g/mol. The van der Waals surface area contributed by atoms with Gasteiger partial charge in [-0.25, -0.2) is 0 Å². The van der Waals surface area contributed by atoms with Crippen molar-refractivity contribution in [3.63, 3.8) is 0 Å². The maximum absolute atomic E-state index is 12.3. The lowest BCUT2D eigenvalue weighted by atomic mass is 10.1. The Balaban J connectivity index is 3.00. The van der Waals surface area contributed by atoms with Crippen LogP contribution in [0.4, 0.5) is 0 Å². The van der Waals surface area contributed by atoms with E-state index in [0.717, 1.165) is 10.0 Å². The Hall–Kier alpha value is -0.540. The molecule has 1 aromatic carbocycles. The first kappa shape index (κ1) is 14.5. The molecule has 0 saturated carbocycles. The molecular weight excluding hydrogens is 302 g/mol. The quantitative estimate of drug-likeness (QED) is 0.772. The third-order valence-electron chi connectivity index (χ3n) is 2.50. The van der Waals surface area contributed by atoms with Crippen molar-refractivity contribution in [3.8, 4) is 0 Å². The van der Waals surface area contributed by atoms with E-state index in [1.54, 1.807) is 4.90 Å². The molecule has 2 nitrogen and oxygen atoms in total. The summed E-state index contributed by atoms with van der Waals surface area (Å²) in [5.74, 6) is 0.488. The maximum atomic E-state index is 12.3. The third-order valence-corrected chi connectivity index (χ3v) is 3.13. The van der Waals surface area contributed by atoms with Gasteiger partial charge in [-0.05, 0) is 44.5 Å². The minimum Gasteiger partial charge on any atom is -0.335 e. The minimum absolute atomic E-state index is 0.0325. The zero-order valence-corrected chi connectivity index (χ0v) is 12.7. The van der Waals surface area contributed by atoms with E-state index >= 15 is 0 Å². The second-order valence-electron chi connectivity index (χ2n) is 4.30. The van der Waals surface area contributed by atoms with Gasteiger partial charge in [0, 0.05) is 28.5 Å². The van der Waals surface area contributed by atoms with Gasteiger partial charge in [0.25, 0.3) is 5.91 Å². The Morgan fingerprint density at radius 2 is 2.06 bits per heavy atom. The summed E-state index contributed by atoms with van der Waals surface area (Å²) in [7, 11) is 0. The summed E-state index contributed by atoms with van der Waals surface area (Å²) in [4.78, 5) is 14.1. The number of carbonyl (C=O) groups is 1. The first-order valence-corrected chi connectivity index (χ1v) is 6.92. The molecule has 0 heterocycles. The molecule has 4 heteroatoms. The van der Waals surface area contributed by atoms with Crippen molar-refractivity contribution in [2.45, 2.75) is 26.8 Å². The van der Waals surface area contributed by atoms with E-state index in [9.17, 15) is 4.79 Å². The number of carbonyl (C=O) groups excluding carboxylic acids is 1. The third kappa shape index (κ3) is 4.00. The van der Waals surface area contributed by atoms with E-state index < -0.39 is 0 Å². The second kappa shape index (κ2) is 6.41. The Morgan fingerprint density at radius 1 is 1.41 bits per heavy atom. The number of halogens is 2. The molecule has 1 rings (SSSR count). The van der Waals surface area contributed by atoms with Gasteiger partial charge < -0.3 is 4.90 Å². The van der Waals surface area contributed by atoms with Gasteiger partial charge in [0.15, 0.2) is 0 Å². The number of aryl methyl sites for hydroxylation is 1. The molecule has 0 radical (unpaired) electrons. The molecule has 1 amide bonds. The van der Waals surface area contributed by atoms with Gasteiger partial charge in [-0.3, -0.25) is 4.79 Å². The first-order chi connectivity index (χ1) is 7.95. The van der Waals surface area contributed by atoms with Crippen molar-refractivity contribution in [2.75, 3.05) is 12.4 Å². The van der Waals surface area contributed by atoms with Crippen molar-refractivity contribution in [3.05, 3.63) is 33.8 Å². The van der Waals surface area contributed by atoms with Crippen molar-refractivity contribution >= 4 is 33.4 Å². The highest BCUT2D eigenvalue weighted by Crippen LogP contribution is 2.17. The first-order valence-electron chi connectivity index (χ1n) is 5.60. The fraction of sp³-hybridized carbons (Fsp3) is 0.462. The number of amides is 1. The van der Waals surface area contributed by atoms with Gasteiger partial charge in [-0.1, -0.05) is 15.9 Å². The molecule has 0 aliphatic rings. The number of rotatable bonds is 4. The van der Waals surface area contributed by atoms with E-state index in [4.69, 9.17) is 11.6 Å². The van der Waals surface area contributed by atoms with Crippen LogP contribution in [0.3, 0.4) is 0 Å². The van der Waals surface area contributed by atoms with Crippen LogP contribution in [0.25, 0.3) is 0 Å². The minimum atomic E-state index is 0.0325. The molecule has 0 atom stereocenters. The Labute approximate surface area is 116 Å². The lowest BCUT2D eigenvalue weighted by Gasteiger charge is -2.26. The lowest BCUT2D eigenvalue weighted by molar-refractivity contribution is 0.0718. The average Bonchev–Trinajstić information content (AvgIpc) is 2.23. The highest BCUT2D eigenvalue weighted by atomic mass is 79.9. The smallest absolute Gasteiger partial charge is 0.254 e. The van der Waals surface area contributed by atoms with Crippen molar-refractivity contribution in [2.24, 2.45) is 0 Å². The summed E-state index contributed by atoms with van der Waals surface area (Å²) in [5, 5.41) is 0. The van der Waals surface area contributed by atoms with Gasteiger partial charge in [-0.2, -0.15) is 0 Å². The molecule has 0 N–H and O–H groups in total. The maximum Gasteiger partial charge on any atom is 0.254 e. The van der Waals surface area contributed by atoms with Crippen LogP contribution >= 0.6 is 27.5 Å². The predicted octanol–water partition coefficient (Wildman–Crippen LogP) is 3.85. The van der Waals surface area contributed by atoms with Crippen LogP contribution < -0.4 is 0 Å². The summed E-state index contributed by atoms with van der Waals surface area (Å²) < 4.78 is 0.926. The van der Waals surface area contributed by atoms with Crippen molar-refractivity contribution in [1.29, 1.82) is 0 Å².